The molecule has 1 unspecified atom stereocenters. The number of carboxylic acids is 1. The zero-order chi connectivity index (χ0) is 25.7. The fourth-order valence-electron chi connectivity index (χ4n) is 3.88. The van der Waals surface area contributed by atoms with Crippen LogP contribution in [0.15, 0.2) is 59.7 Å². The number of amides is 1. The fraction of sp³-hybridized carbons (Fsp3) is 0.292. The number of carbonyl (C=O) groups is 2. The van der Waals surface area contributed by atoms with Crippen molar-refractivity contribution in [1.82, 2.24) is 24.5 Å². The number of rotatable bonds is 4. The van der Waals surface area contributed by atoms with Gasteiger partial charge in [-0.1, -0.05) is 0 Å². The molecule has 1 fully saturated rings. The van der Waals surface area contributed by atoms with Crippen LogP contribution >= 0.6 is 11.3 Å². The third kappa shape index (κ3) is 6.25. The Balaban J connectivity index is 0.000000384. The van der Waals surface area contributed by atoms with E-state index in [-0.39, 0.29) is 11.8 Å². The number of pyridine rings is 2. The maximum Gasteiger partial charge on any atom is 0.490 e. The number of thiophene rings is 1. The summed E-state index contributed by atoms with van der Waals surface area (Å²) in [5.41, 5.74) is 4.10. The Hall–Kier alpha value is -3.80. The van der Waals surface area contributed by atoms with Crippen molar-refractivity contribution in [1.29, 1.82) is 0 Å². The first-order valence-corrected chi connectivity index (χ1v) is 12.0. The minimum absolute atomic E-state index is 0.180. The predicted octanol–water partition coefficient (Wildman–Crippen LogP) is 4.43. The van der Waals surface area contributed by atoms with E-state index < -0.39 is 12.1 Å². The highest BCUT2D eigenvalue weighted by Gasteiger charge is 2.38. The highest BCUT2D eigenvalue weighted by atomic mass is 32.1. The molecule has 4 aromatic heterocycles. The normalized spacial score (nSPS) is 15.9. The summed E-state index contributed by atoms with van der Waals surface area (Å²) >= 11 is 1.63. The molecule has 8 nitrogen and oxygen atoms in total. The summed E-state index contributed by atoms with van der Waals surface area (Å²) in [4.78, 5) is 32.4. The highest BCUT2D eigenvalue weighted by Crippen LogP contribution is 2.26. The summed E-state index contributed by atoms with van der Waals surface area (Å²) in [6.07, 6.45) is 2.97. The molecule has 0 aromatic carbocycles. The smallest absolute Gasteiger partial charge is 0.475 e. The Morgan fingerprint density at radius 2 is 1.86 bits per heavy atom. The van der Waals surface area contributed by atoms with Gasteiger partial charge in [-0.15, -0.1) is 0 Å². The molecular weight excluding hydrogens is 495 g/mol. The number of carbonyl (C=O) groups excluding carboxylic acids is 1. The number of hydrogen-bond acceptors (Lipinski definition) is 6. The quantitative estimate of drug-likeness (QED) is 0.430. The highest BCUT2D eigenvalue weighted by molar-refractivity contribution is 7.08. The van der Waals surface area contributed by atoms with E-state index in [1.165, 1.54) is 0 Å². The SMILES string of the molecule is O=C(Cc1ccsc1)N1CCCC(c2nc3ccc(-c4ccncc4)cn3n2)C1.O=C(O)C(F)(F)F. The van der Waals surface area contributed by atoms with Crippen LogP contribution in [0.3, 0.4) is 0 Å². The van der Waals surface area contributed by atoms with E-state index in [9.17, 15) is 18.0 Å². The van der Waals surface area contributed by atoms with Crippen LogP contribution in [0.5, 0.6) is 0 Å². The van der Waals surface area contributed by atoms with Gasteiger partial charge >= 0.3 is 12.1 Å². The molecule has 1 saturated heterocycles. The number of fused-ring (bicyclic) bond motifs is 1. The van der Waals surface area contributed by atoms with E-state index in [1.54, 1.807) is 23.7 Å². The second-order valence-electron chi connectivity index (χ2n) is 8.22. The summed E-state index contributed by atoms with van der Waals surface area (Å²) in [6, 6.07) is 10.0. The zero-order valence-corrected chi connectivity index (χ0v) is 19.7. The minimum Gasteiger partial charge on any atom is -0.475 e. The molecule has 0 radical (unpaired) electrons. The van der Waals surface area contributed by atoms with Gasteiger partial charge < -0.3 is 10.0 Å². The third-order valence-corrected chi connectivity index (χ3v) is 6.41. The van der Waals surface area contributed by atoms with Gasteiger partial charge in [0.25, 0.3) is 0 Å². The maximum absolute atomic E-state index is 12.7. The van der Waals surface area contributed by atoms with Crippen molar-refractivity contribution in [2.24, 2.45) is 0 Å². The molecule has 5 rings (SSSR count). The molecule has 188 valence electrons. The van der Waals surface area contributed by atoms with Crippen LogP contribution in [-0.2, 0) is 16.0 Å². The number of halogens is 3. The van der Waals surface area contributed by atoms with Gasteiger partial charge in [0, 0.05) is 43.2 Å². The second-order valence-corrected chi connectivity index (χ2v) is 9.00. The lowest BCUT2D eigenvalue weighted by molar-refractivity contribution is -0.192. The van der Waals surface area contributed by atoms with E-state index in [0.29, 0.717) is 13.0 Å². The van der Waals surface area contributed by atoms with Crippen molar-refractivity contribution >= 4 is 28.9 Å². The molecule has 1 N–H and O–H groups in total. The van der Waals surface area contributed by atoms with E-state index in [4.69, 9.17) is 20.0 Å². The summed E-state index contributed by atoms with van der Waals surface area (Å²) < 4.78 is 33.6. The molecule has 36 heavy (non-hydrogen) atoms. The molecule has 0 bridgehead atoms. The second kappa shape index (κ2) is 10.9. The zero-order valence-electron chi connectivity index (χ0n) is 18.9. The number of nitrogens with zero attached hydrogens (tertiary/aromatic N) is 5. The van der Waals surface area contributed by atoms with Gasteiger partial charge in [0.1, 0.15) is 0 Å². The monoisotopic (exact) mass is 517 g/mol. The lowest BCUT2D eigenvalue weighted by Crippen LogP contribution is -2.40. The van der Waals surface area contributed by atoms with Gasteiger partial charge in [-0.2, -0.15) is 29.6 Å². The summed E-state index contributed by atoms with van der Waals surface area (Å²) in [6.45, 7) is 1.51. The van der Waals surface area contributed by atoms with Crippen molar-refractivity contribution in [3.05, 3.63) is 71.1 Å². The lowest BCUT2D eigenvalue weighted by Gasteiger charge is -2.31. The Kier molecular flexibility index (Phi) is 7.63. The summed E-state index contributed by atoms with van der Waals surface area (Å²) in [5.74, 6) is -1.56. The largest absolute Gasteiger partial charge is 0.490 e. The van der Waals surface area contributed by atoms with Crippen molar-refractivity contribution < 1.29 is 27.9 Å². The maximum atomic E-state index is 12.7. The molecule has 0 saturated carbocycles. The molecule has 0 aliphatic carbocycles. The number of alkyl halides is 3. The van der Waals surface area contributed by atoms with Gasteiger partial charge in [-0.25, -0.2) is 14.3 Å². The average Bonchev–Trinajstić information content (AvgIpc) is 3.54. The van der Waals surface area contributed by atoms with Gasteiger partial charge in [-0.3, -0.25) is 9.78 Å². The standard InChI is InChI=1S/C22H21N5OS.C2HF3O2/c28-21(12-16-7-11-29-15-16)26-10-1-2-19(13-26)22-24-20-4-3-18(14-27(20)25-22)17-5-8-23-9-6-17;3-2(4,5)1(6)7/h3-9,11,14-15,19H,1-2,10,12-13H2;(H,6,7). The van der Waals surface area contributed by atoms with Gasteiger partial charge in [-0.05, 0) is 65.1 Å². The molecule has 1 aliphatic rings. The van der Waals surface area contributed by atoms with Gasteiger partial charge in [0.2, 0.25) is 5.91 Å². The first-order valence-electron chi connectivity index (χ1n) is 11.1. The Morgan fingerprint density at radius 3 is 2.53 bits per heavy atom. The van der Waals surface area contributed by atoms with Gasteiger partial charge in [0.05, 0.1) is 6.42 Å². The molecule has 0 spiro atoms. The van der Waals surface area contributed by atoms with Crippen LogP contribution in [0, 0.1) is 0 Å². The Labute approximate surface area is 208 Å². The summed E-state index contributed by atoms with van der Waals surface area (Å²) in [5, 5.41) is 15.9. The topological polar surface area (TPSA) is 101 Å². The molecule has 1 amide bonds. The van der Waals surface area contributed by atoms with Crippen LogP contribution in [0.2, 0.25) is 0 Å². The summed E-state index contributed by atoms with van der Waals surface area (Å²) in [7, 11) is 0. The molecule has 5 heterocycles. The lowest BCUT2D eigenvalue weighted by atomic mass is 9.97. The van der Waals surface area contributed by atoms with E-state index in [2.05, 4.69) is 11.1 Å². The van der Waals surface area contributed by atoms with Crippen LogP contribution in [0.4, 0.5) is 13.2 Å². The molecular formula is C24H22F3N5O3S. The number of piperidine rings is 1. The van der Waals surface area contributed by atoms with E-state index in [0.717, 1.165) is 47.5 Å². The Morgan fingerprint density at radius 1 is 1.11 bits per heavy atom. The first-order chi connectivity index (χ1) is 17.2. The van der Waals surface area contributed by atoms with E-state index >= 15 is 0 Å². The fourth-order valence-corrected chi connectivity index (χ4v) is 4.55. The molecule has 12 heteroatoms. The van der Waals surface area contributed by atoms with Crippen molar-refractivity contribution in [3.63, 3.8) is 0 Å². The number of aromatic nitrogens is 4. The van der Waals surface area contributed by atoms with Crippen LogP contribution in [0.1, 0.15) is 30.1 Å². The minimum atomic E-state index is -5.08. The first kappa shape index (κ1) is 25.3. The van der Waals surface area contributed by atoms with Crippen LogP contribution in [-0.4, -0.2) is 60.7 Å². The predicted molar refractivity (Wildman–Crippen MR) is 126 cm³/mol. The average molecular weight is 518 g/mol. The number of aliphatic carboxylic acids is 1. The van der Waals surface area contributed by atoms with Crippen molar-refractivity contribution in [2.45, 2.75) is 31.4 Å². The van der Waals surface area contributed by atoms with Crippen molar-refractivity contribution in [3.8, 4) is 11.1 Å². The van der Waals surface area contributed by atoms with Gasteiger partial charge in [0.15, 0.2) is 11.5 Å². The van der Waals surface area contributed by atoms with Crippen molar-refractivity contribution in [2.75, 3.05) is 13.1 Å². The molecule has 4 aromatic rings. The number of hydrogen-bond donors (Lipinski definition) is 1. The number of carboxylic acid groups (broad SMARTS) is 1. The Bertz CT molecular complexity index is 1330. The molecule has 1 atom stereocenters. The number of likely N-dealkylation sites (tertiary alicyclic amines) is 1. The van der Waals surface area contributed by atoms with E-state index in [1.807, 2.05) is 50.6 Å². The third-order valence-electron chi connectivity index (χ3n) is 5.68. The van der Waals surface area contributed by atoms with Crippen LogP contribution in [0.25, 0.3) is 16.8 Å². The molecule has 1 aliphatic heterocycles. The van der Waals surface area contributed by atoms with Crippen LogP contribution < -0.4 is 0 Å².